The maximum absolute atomic E-state index is 12.4. The summed E-state index contributed by atoms with van der Waals surface area (Å²) in [5.74, 6) is 0.319. The molecule has 4 heteroatoms. The molecule has 2 bridgehead atoms. The van der Waals surface area contributed by atoms with Crippen LogP contribution in [0.5, 0.6) is 0 Å². The van der Waals surface area contributed by atoms with Crippen molar-refractivity contribution in [2.75, 3.05) is 13.1 Å². The Morgan fingerprint density at radius 3 is 2.82 bits per heavy atom. The van der Waals surface area contributed by atoms with Crippen molar-refractivity contribution < 1.29 is 4.79 Å². The maximum Gasteiger partial charge on any atom is 0.227 e. The normalized spacial score (nSPS) is 32.2. The van der Waals surface area contributed by atoms with Gasteiger partial charge >= 0.3 is 0 Å². The molecule has 2 saturated heterocycles. The minimum absolute atomic E-state index is 0.0783. The molecule has 2 fully saturated rings. The highest BCUT2D eigenvalue weighted by molar-refractivity contribution is 5.80. The summed E-state index contributed by atoms with van der Waals surface area (Å²) < 4.78 is 0. The number of rotatable bonds is 4. The Kier molecular flexibility index (Phi) is 3.68. The van der Waals surface area contributed by atoms with Crippen LogP contribution in [0.4, 0.5) is 0 Å². The van der Waals surface area contributed by atoms with Gasteiger partial charge in [0, 0.05) is 25.2 Å². The van der Waals surface area contributed by atoms with Crippen molar-refractivity contribution in [2.45, 2.75) is 45.2 Å². The number of nitriles is 1. The van der Waals surface area contributed by atoms with Crippen LogP contribution in [-0.4, -0.2) is 36.0 Å². The summed E-state index contributed by atoms with van der Waals surface area (Å²) in [6, 6.07) is 3.14. The predicted octanol–water partition coefficient (Wildman–Crippen LogP) is 1.14. The lowest BCUT2D eigenvalue weighted by molar-refractivity contribution is -0.136. The topological polar surface area (TPSA) is 56.1 Å². The van der Waals surface area contributed by atoms with Gasteiger partial charge in [0.1, 0.15) is 0 Å². The molecule has 2 rings (SSSR count). The van der Waals surface area contributed by atoms with E-state index in [1.54, 1.807) is 0 Å². The number of carbonyl (C=O) groups is 1. The lowest BCUT2D eigenvalue weighted by atomic mass is 9.88. The third kappa shape index (κ3) is 2.44. The van der Waals surface area contributed by atoms with Crippen molar-refractivity contribution >= 4 is 5.91 Å². The van der Waals surface area contributed by atoms with Crippen LogP contribution in [0.1, 0.15) is 33.1 Å². The van der Waals surface area contributed by atoms with Gasteiger partial charge in [-0.2, -0.15) is 5.26 Å². The Labute approximate surface area is 103 Å². The third-order valence-electron chi connectivity index (χ3n) is 4.03. The van der Waals surface area contributed by atoms with Crippen molar-refractivity contribution in [1.29, 1.82) is 5.26 Å². The Balaban J connectivity index is 1.96. The molecule has 4 unspecified atom stereocenters. The van der Waals surface area contributed by atoms with Gasteiger partial charge in [0.15, 0.2) is 0 Å². The van der Waals surface area contributed by atoms with E-state index in [1.807, 2.05) is 18.7 Å². The van der Waals surface area contributed by atoms with Crippen molar-refractivity contribution in [2.24, 2.45) is 11.8 Å². The zero-order chi connectivity index (χ0) is 12.4. The zero-order valence-electron chi connectivity index (χ0n) is 10.6. The SMILES string of the molecule is CCN(CC(C)C#N)C(=O)C1CC2CCC1N2. The molecule has 0 aromatic heterocycles. The average molecular weight is 235 g/mol. The van der Waals surface area contributed by atoms with Crippen molar-refractivity contribution in [3.8, 4) is 6.07 Å². The Morgan fingerprint density at radius 1 is 1.59 bits per heavy atom. The average Bonchev–Trinajstić information content (AvgIpc) is 2.96. The summed E-state index contributed by atoms with van der Waals surface area (Å²) in [5, 5.41) is 12.3. The van der Waals surface area contributed by atoms with Crippen LogP contribution in [0.15, 0.2) is 0 Å². The van der Waals surface area contributed by atoms with Gasteiger partial charge in [-0.1, -0.05) is 0 Å². The molecule has 1 amide bonds. The van der Waals surface area contributed by atoms with E-state index in [2.05, 4.69) is 11.4 Å². The summed E-state index contributed by atoms with van der Waals surface area (Å²) in [5.41, 5.74) is 0. The molecule has 2 aliphatic heterocycles. The summed E-state index contributed by atoms with van der Waals surface area (Å²) in [7, 11) is 0. The molecule has 94 valence electrons. The number of hydrogen-bond donors (Lipinski definition) is 1. The van der Waals surface area contributed by atoms with E-state index >= 15 is 0 Å². The van der Waals surface area contributed by atoms with Crippen LogP contribution in [0.2, 0.25) is 0 Å². The van der Waals surface area contributed by atoms with E-state index in [0.717, 1.165) is 12.8 Å². The van der Waals surface area contributed by atoms with Crippen LogP contribution in [0, 0.1) is 23.2 Å². The number of nitrogens with zero attached hydrogens (tertiary/aromatic N) is 2. The van der Waals surface area contributed by atoms with Crippen molar-refractivity contribution in [3.63, 3.8) is 0 Å². The first-order chi connectivity index (χ1) is 8.15. The third-order valence-corrected chi connectivity index (χ3v) is 4.03. The molecule has 4 nitrogen and oxygen atoms in total. The maximum atomic E-state index is 12.4. The first-order valence-corrected chi connectivity index (χ1v) is 6.60. The molecule has 0 aromatic rings. The van der Waals surface area contributed by atoms with Gasteiger partial charge in [0.25, 0.3) is 0 Å². The second-order valence-electron chi connectivity index (χ2n) is 5.30. The number of hydrogen-bond acceptors (Lipinski definition) is 3. The molecule has 4 atom stereocenters. The predicted molar refractivity (Wildman–Crippen MR) is 65.1 cm³/mol. The molecule has 0 aliphatic carbocycles. The molecule has 17 heavy (non-hydrogen) atoms. The van der Waals surface area contributed by atoms with E-state index in [9.17, 15) is 4.79 Å². The second kappa shape index (κ2) is 5.05. The van der Waals surface area contributed by atoms with E-state index in [1.165, 1.54) is 6.42 Å². The zero-order valence-corrected chi connectivity index (χ0v) is 10.6. The Hall–Kier alpha value is -1.08. The second-order valence-corrected chi connectivity index (χ2v) is 5.30. The van der Waals surface area contributed by atoms with Crippen LogP contribution in [0.25, 0.3) is 0 Å². The number of fused-ring (bicyclic) bond motifs is 2. The fourth-order valence-electron chi connectivity index (χ4n) is 3.08. The van der Waals surface area contributed by atoms with Gasteiger partial charge in [-0.15, -0.1) is 0 Å². The van der Waals surface area contributed by atoms with Crippen LogP contribution in [0.3, 0.4) is 0 Å². The monoisotopic (exact) mass is 235 g/mol. The van der Waals surface area contributed by atoms with E-state index in [4.69, 9.17) is 5.26 Å². The van der Waals surface area contributed by atoms with Gasteiger partial charge in [0.05, 0.1) is 17.9 Å². The van der Waals surface area contributed by atoms with Gasteiger partial charge < -0.3 is 10.2 Å². The van der Waals surface area contributed by atoms with Gasteiger partial charge in [-0.3, -0.25) is 4.79 Å². The molecule has 0 spiro atoms. The summed E-state index contributed by atoms with van der Waals surface area (Å²) in [6.45, 7) is 5.13. The quantitative estimate of drug-likeness (QED) is 0.795. The standard InChI is InChI=1S/C13H21N3O/c1-3-16(8-9(2)7-14)13(17)11-6-10-4-5-12(11)15-10/h9-12,15H,3-6,8H2,1-2H3. The molecule has 1 N–H and O–H groups in total. The fourth-order valence-corrected chi connectivity index (χ4v) is 3.08. The lowest BCUT2D eigenvalue weighted by Gasteiger charge is -2.28. The first kappa shape index (κ1) is 12.4. The molecule has 0 saturated carbocycles. The van der Waals surface area contributed by atoms with Crippen LogP contribution >= 0.6 is 0 Å². The number of nitrogens with one attached hydrogen (secondary N) is 1. The smallest absolute Gasteiger partial charge is 0.227 e. The van der Waals surface area contributed by atoms with E-state index in [-0.39, 0.29) is 17.7 Å². The molecule has 0 radical (unpaired) electrons. The highest BCUT2D eigenvalue weighted by Gasteiger charge is 2.43. The van der Waals surface area contributed by atoms with E-state index in [0.29, 0.717) is 25.2 Å². The van der Waals surface area contributed by atoms with Gasteiger partial charge in [0.2, 0.25) is 5.91 Å². The molecule has 0 aromatic carbocycles. The summed E-state index contributed by atoms with van der Waals surface area (Å²) in [4.78, 5) is 14.2. The van der Waals surface area contributed by atoms with Gasteiger partial charge in [-0.05, 0) is 33.1 Å². The highest BCUT2D eigenvalue weighted by atomic mass is 16.2. The van der Waals surface area contributed by atoms with Crippen molar-refractivity contribution in [3.05, 3.63) is 0 Å². The largest absolute Gasteiger partial charge is 0.341 e. The van der Waals surface area contributed by atoms with Crippen LogP contribution in [-0.2, 0) is 4.79 Å². The number of carbonyl (C=O) groups excluding carboxylic acids is 1. The van der Waals surface area contributed by atoms with E-state index < -0.39 is 0 Å². The molecule has 2 aliphatic rings. The minimum Gasteiger partial charge on any atom is -0.341 e. The molecule has 2 heterocycles. The molecular formula is C13H21N3O. The summed E-state index contributed by atoms with van der Waals surface area (Å²) >= 11 is 0. The summed E-state index contributed by atoms with van der Waals surface area (Å²) in [6.07, 6.45) is 3.34. The highest BCUT2D eigenvalue weighted by Crippen LogP contribution is 2.34. The first-order valence-electron chi connectivity index (χ1n) is 6.60. The van der Waals surface area contributed by atoms with Crippen LogP contribution < -0.4 is 5.32 Å². The van der Waals surface area contributed by atoms with Crippen molar-refractivity contribution in [1.82, 2.24) is 10.2 Å². The Morgan fingerprint density at radius 2 is 2.35 bits per heavy atom. The Bertz CT molecular complexity index is 336. The minimum atomic E-state index is -0.0783. The lowest BCUT2D eigenvalue weighted by Crippen LogP contribution is -2.42. The van der Waals surface area contributed by atoms with Gasteiger partial charge in [-0.25, -0.2) is 0 Å². The fraction of sp³-hybridized carbons (Fsp3) is 0.846. The molecular weight excluding hydrogens is 214 g/mol. The number of amides is 1.